The van der Waals surface area contributed by atoms with E-state index >= 15 is 0 Å². The molecule has 0 fully saturated rings. The number of halogens is 2. The van der Waals surface area contributed by atoms with E-state index < -0.39 is 6.43 Å². The van der Waals surface area contributed by atoms with Crippen molar-refractivity contribution in [3.05, 3.63) is 66.2 Å². The van der Waals surface area contributed by atoms with E-state index in [1.807, 2.05) is 56.7 Å². The Morgan fingerprint density at radius 2 is 1.93 bits per heavy atom. The van der Waals surface area contributed by atoms with Gasteiger partial charge in [-0.15, -0.1) is 0 Å². The van der Waals surface area contributed by atoms with Gasteiger partial charge in [0.05, 0.1) is 18.4 Å². The van der Waals surface area contributed by atoms with Crippen LogP contribution in [0.15, 0.2) is 55.1 Å². The summed E-state index contributed by atoms with van der Waals surface area (Å²) < 4.78 is 28.8. The maximum Gasteiger partial charge on any atom is 0.239 e. The topological polar surface area (TPSA) is 60.0 Å². The van der Waals surface area contributed by atoms with E-state index in [4.69, 9.17) is 4.98 Å². The fourth-order valence-electron chi connectivity index (χ4n) is 3.46. The Morgan fingerprint density at radius 3 is 2.69 bits per heavy atom. The fraction of sp³-hybridized carbons (Fsp3) is 0.286. The van der Waals surface area contributed by atoms with Gasteiger partial charge < -0.3 is 5.32 Å². The van der Waals surface area contributed by atoms with Gasteiger partial charge in [-0.2, -0.15) is 10.2 Å². The second-order valence-corrected chi connectivity index (χ2v) is 7.04. The van der Waals surface area contributed by atoms with E-state index in [1.54, 1.807) is 21.6 Å². The van der Waals surface area contributed by atoms with Crippen molar-refractivity contribution < 1.29 is 8.78 Å². The van der Waals surface area contributed by atoms with Crippen molar-refractivity contribution in [2.75, 3.05) is 5.32 Å². The van der Waals surface area contributed by atoms with E-state index in [0.717, 1.165) is 27.9 Å². The van der Waals surface area contributed by atoms with E-state index in [0.29, 0.717) is 12.2 Å². The lowest BCUT2D eigenvalue weighted by Gasteiger charge is -2.19. The second kappa shape index (κ2) is 7.98. The highest BCUT2D eigenvalue weighted by Gasteiger charge is 2.14. The second-order valence-electron chi connectivity index (χ2n) is 7.04. The molecule has 3 aromatic heterocycles. The molecule has 4 rings (SSSR count). The number of fused-ring (bicyclic) bond motifs is 1. The van der Waals surface area contributed by atoms with Crippen LogP contribution in [0.25, 0.3) is 16.8 Å². The van der Waals surface area contributed by atoms with Crippen LogP contribution in [-0.4, -0.2) is 30.8 Å². The zero-order valence-corrected chi connectivity index (χ0v) is 16.3. The zero-order chi connectivity index (χ0) is 20.4. The predicted octanol–water partition coefficient (Wildman–Crippen LogP) is 4.50. The maximum atomic E-state index is 12.7. The molecule has 0 amide bonds. The Bertz CT molecular complexity index is 1120. The summed E-state index contributed by atoms with van der Waals surface area (Å²) in [6, 6.07) is 9.46. The molecule has 0 saturated heterocycles. The molecule has 0 bridgehead atoms. The SMILES string of the molecule is CC(Nc1ccn2ncc(-c3cnn(C)c3)c2n1)c1ccccc1CCC(F)F. The third-order valence-electron chi connectivity index (χ3n) is 4.90. The maximum absolute atomic E-state index is 12.7. The molecule has 6 nitrogen and oxygen atoms in total. The quantitative estimate of drug-likeness (QED) is 0.500. The summed E-state index contributed by atoms with van der Waals surface area (Å²) in [5.41, 5.74) is 4.48. The number of rotatable bonds is 7. The normalized spacial score (nSPS) is 12.6. The Kier molecular flexibility index (Phi) is 5.24. The number of nitrogens with zero attached hydrogens (tertiary/aromatic N) is 5. The monoisotopic (exact) mass is 396 g/mol. The summed E-state index contributed by atoms with van der Waals surface area (Å²) in [6.45, 7) is 2.01. The summed E-state index contributed by atoms with van der Waals surface area (Å²) in [5.74, 6) is 0.694. The molecule has 0 saturated carbocycles. The van der Waals surface area contributed by atoms with Gasteiger partial charge in [-0.1, -0.05) is 24.3 Å². The number of anilines is 1. The first-order valence-electron chi connectivity index (χ1n) is 9.47. The molecule has 1 N–H and O–H groups in total. The number of aryl methyl sites for hydroxylation is 2. The largest absolute Gasteiger partial charge is 0.363 e. The Balaban J connectivity index is 1.60. The van der Waals surface area contributed by atoms with Crippen LogP contribution in [0.5, 0.6) is 0 Å². The van der Waals surface area contributed by atoms with Crippen LogP contribution in [0, 0.1) is 0 Å². The first-order chi connectivity index (χ1) is 14.0. The smallest absolute Gasteiger partial charge is 0.239 e. The molecular weight excluding hydrogens is 374 g/mol. The summed E-state index contributed by atoms with van der Waals surface area (Å²) in [7, 11) is 1.86. The average molecular weight is 396 g/mol. The van der Waals surface area contributed by atoms with Crippen molar-refractivity contribution in [3.63, 3.8) is 0 Å². The van der Waals surface area contributed by atoms with Crippen LogP contribution in [0.3, 0.4) is 0 Å². The van der Waals surface area contributed by atoms with Crippen molar-refractivity contribution in [2.24, 2.45) is 7.05 Å². The lowest BCUT2D eigenvalue weighted by Crippen LogP contribution is -2.11. The number of hydrogen-bond acceptors (Lipinski definition) is 4. The summed E-state index contributed by atoms with van der Waals surface area (Å²) in [5, 5.41) is 12.0. The van der Waals surface area contributed by atoms with Crippen LogP contribution < -0.4 is 5.32 Å². The number of benzene rings is 1. The summed E-state index contributed by atoms with van der Waals surface area (Å²) in [4.78, 5) is 4.72. The Labute approximate surface area is 167 Å². The molecule has 4 aromatic rings. The molecule has 29 heavy (non-hydrogen) atoms. The van der Waals surface area contributed by atoms with E-state index in [1.165, 1.54) is 0 Å². The third-order valence-corrected chi connectivity index (χ3v) is 4.90. The van der Waals surface area contributed by atoms with E-state index in [2.05, 4.69) is 15.5 Å². The minimum absolute atomic E-state index is 0.0800. The molecule has 0 radical (unpaired) electrons. The van der Waals surface area contributed by atoms with Gasteiger partial charge in [0.15, 0.2) is 5.65 Å². The van der Waals surface area contributed by atoms with Crippen molar-refractivity contribution in [1.82, 2.24) is 24.4 Å². The first-order valence-corrected chi connectivity index (χ1v) is 9.47. The minimum atomic E-state index is -2.30. The van der Waals surface area contributed by atoms with Crippen LogP contribution >= 0.6 is 0 Å². The van der Waals surface area contributed by atoms with Gasteiger partial charge in [0.2, 0.25) is 6.43 Å². The fourth-order valence-corrected chi connectivity index (χ4v) is 3.46. The predicted molar refractivity (Wildman–Crippen MR) is 108 cm³/mol. The van der Waals surface area contributed by atoms with Crippen molar-refractivity contribution in [2.45, 2.75) is 32.2 Å². The zero-order valence-electron chi connectivity index (χ0n) is 16.3. The molecule has 3 heterocycles. The van der Waals surface area contributed by atoms with Crippen molar-refractivity contribution in [1.29, 1.82) is 0 Å². The van der Waals surface area contributed by atoms with Gasteiger partial charge in [-0.05, 0) is 30.5 Å². The van der Waals surface area contributed by atoms with Gasteiger partial charge in [-0.25, -0.2) is 18.3 Å². The highest BCUT2D eigenvalue weighted by atomic mass is 19.3. The van der Waals surface area contributed by atoms with Crippen molar-refractivity contribution in [3.8, 4) is 11.1 Å². The molecule has 0 spiro atoms. The Hall–Kier alpha value is -3.29. The van der Waals surface area contributed by atoms with Gasteiger partial charge in [0.25, 0.3) is 0 Å². The average Bonchev–Trinajstić information content (AvgIpc) is 3.32. The highest BCUT2D eigenvalue weighted by molar-refractivity contribution is 5.76. The van der Waals surface area contributed by atoms with Crippen LogP contribution in [0.2, 0.25) is 0 Å². The molecule has 1 unspecified atom stereocenters. The Morgan fingerprint density at radius 1 is 1.10 bits per heavy atom. The lowest BCUT2D eigenvalue weighted by atomic mass is 9.98. The molecule has 150 valence electrons. The molecule has 0 aliphatic carbocycles. The molecule has 0 aliphatic rings. The van der Waals surface area contributed by atoms with Gasteiger partial charge in [-0.3, -0.25) is 4.68 Å². The molecular formula is C21H22F2N6. The van der Waals surface area contributed by atoms with E-state index in [-0.39, 0.29) is 12.5 Å². The molecule has 1 atom stereocenters. The lowest BCUT2D eigenvalue weighted by molar-refractivity contribution is 0.138. The number of hydrogen-bond donors (Lipinski definition) is 1. The van der Waals surface area contributed by atoms with Gasteiger partial charge >= 0.3 is 0 Å². The van der Waals surface area contributed by atoms with E-state index in [9.17, 15) is 8.78 Å². The van der Waals surface area contributed by atoms with Gasteiger partial charge in [0.1, 0.15) is 5.82 Å². The van der Waals surface area contributed by atoms with Crippen molar-refractivity contribution >= 4 is 11.5 Å². The molecule has 1 aromatic carbocycles. The van der Waals surface area contributed by atoms with Crippen LogP contribution in [-0.2, 0) is 13.5 Å². The standard InChI is InChI=1S/C21H22F2N6/c1-14(17-6-4-3-5-15(17)7-8-19(22)23)26-20-9-10-29-21(27-20)18(12-25-29)16-11-24-28(2)13-16/h3-6,9-14,19H,7-8H2,1-2H3,(H,26,27). The first kappa shape index (κ1) is 19.0. The summed E-state index contributed by atoms with van der Waals surface area (Å²) >= 11 is 0. The number of nitrogens with one attached hydrogen (secondary N) is 1. The number of aromatic nitrogens is 5. The number of alkyl halides is 2. The minimum Gasteiger partial charge on any atom is -0.363 e. The highest BCUT2D eigenvalue weighted by Crippen LogP contribution is 2.26. The molecule has 8 heteroatoms. The van der Waals surface area contributed by atoms with Crippen LogP contribution in [0.1, 0.15) is 30.5 Å². The third kappa shape index (κ3) is 4.11. The molecule has 0 aliphatic heterocycles. The summed E-state index contributed by atoms with van der Waals surface area (Å²) in [6.07, 6.45) is 5.22. The van der Waals surface area contributed by atoms with Crippen LogP contribution in [0.4, 0.5) is 14.6 Å². The van der Waals surface area contributed by atoms with Gasteiger partial charge in [0, 0.05) is 37.0 Å².